The molecule has 2 aliphatic heterocycles. The van der Waals surface area contributed by atoms with Crippen LogP contribution in [0.3, 0.4) is 0 Å². The highest BCUT2D eigenvalue weighted by molar-refractivity contribution is 7.89. The Morgan fingerprint density at radius 1 is 1.03 bits per heavy atom. The van der Waals surface area contributed by atoms with Crippen LogP contribution < -0.4 is 0 Å². The lowest BCUT2D eigenvalue weighted by molar-refractivity contribution is -0.138. The van der Waals surface area contributed by atoms with Crippen molar-refractivity contribution in [2.24, 2.45) is 5.92 Å². The number of carbonyl (C=O) groups excluding carboxylic acids is 2. The molecule has 3 rings (SSSR count). The zero-order chi connectivity index (χ0) is 22.3. The molecule has 2 amide bonds. The van der Waals surface area contributed by atoms with Crippen molar-refractivity contribution in [1.29, 1.82) is 0 Å². The summed E-state index contributed by atoms with van der Waals surface area (Å²) >= 11 is 0. The number of sulfonamides is 1. The third kappa shape index (κ3) is 6.43. The molecule has 0 aliphatic carbocycles. The first-order valence-electron chi connectivity index (χ1n) is 11.1. The minimum Gasteiger partial charge on any atom is -0.450 e. The summed E-state index contributed by atoms with van der Waals surface area (Å²) in [6.45, 7) is 4.63. The smallest absolute Gasteiger partial charge is 0.409 e. The Morgan fingerprint density at radius 3 is 2.39 bits per heavy atom. The number of hydrogen-bond donors (Lipinski definition) is 0. The Balaban J connectivity index is 1.49. The number of piperazine rings is 1. The molecule has 2 saturated heterocycles. The Morgan fingerprint density at radius 2 is 1.71 bits per heavy atom. The van der Waals surface area contributed by atoms with Gasteiger partial charge in [-0.2, -0.15) is 0 Å². The molecule has 1 unspecified atom stereocenters. The highest BCUT2D eigenvalue weighted by Gasteiger charge is 2.35. The van der Waals surface area contributed by atoms with Gasteiger partial charge in [0.2, 0.25) is 15.9 Å². The maximum absolute atomic E-state index is 13.0. The lowest BCUT2D eigenvalue weighted by atomic mass is 9.98. The second-order valence-corrected chi connectivity index (χ2v) is 10.2. The number of rotatable bonds is 7. The highest BCUT2D eigenvalue weighted by atomic mass is 32.2. The minimum atomic E-state index is -3.38. The Kier molecular flexibility index (Phi) is 8.31. The van der Waals surface area contributed by atoms with Crippen LogP contribution in [0.1, 0.15) is 31.7 Å². The summed E-state index contributed by atoms with van der Waals surface area (Å²) in [6, 6.07) is 9.87. The third-order valence-corrected chi connectivity index (χ3v) is 7.88. The molecule has 0 radical (unpaired) electrons. The summed E-state index contributed by atoms with van der Waals surface area (Å²) < 4.78 is 32.2. The molecule has 1 aromatic rings. The Hall–Kier alpha value is -2.13. The Labute approximate surface area is 185 Å². The van der Waals surface area contributed by atoms with Crippen molar-refractivity contribution in [3.63, 3.8) is 0 Å². The van der Waals surface area contributed by atoms with Gasteiger partial charge in [-0.1, -0.05) is 30.3 Å². The first-order chi connectivity index (χ1) is 14.9. The second-order valence-electron chi connectivity index (χ2n) is 8.11. The molecular formula is C22H33N3O5S. The van der Waals surface area contributed by atoms with E-state index in [9.17, 15) is 18.0 Å². The molecule has 31 heavy (non-hydrogen) atoms. The molecule has 2 heterocycles. The fourth-order valence-corrected chi connectivity index (χ4v) is 5.79. The number of amides is 2. The number of hydrogen-bond acceptors (Lipinski definition) is 5. The number of aryl methyl sites for hydroxylation is 1. The minimum absolute atomic E-state index is 0.00676. The molecule has 8 nitrogen and oxygen atoms in total. The van der Waals surface area contributed by atoms with Crippen LogP contribution in [0.2, 0.25) is 0 Å². The van der Waals surface area contributed by atoms with Gasteiger partial charge in [-0.25, -0.2) is 17.5 Å². The summed E-state index contributed by atoms with van der Waals surface area (Å²) in [4.78, 5) is 28.2. The van der Waals surface area contributed by atoms with Gasteiger partial charge >= 0.3 is 6.09 Å². The number of carbonyl (C=O) groups is 2. The summed E-state index contributed by atoms with van der Waals surface area (Å²) in [5, 5.41) is 0. The van der Waals surface area contributed by atoms with Crippen LogP contribution in [0.4, 0.5) is 4.79 Å². The molecule has 2 fully saturated rings. The van der Waals surface area contributed by atoms with E-state index in [-0.39, 0.29) is 30.2 Å². The zero-order valence-electron chi connectivity index (χ0n) is 18.2. The fraction of sp³-hybridized carbons (Fsp3) is 0.636. The van der Waals surface area contributed by atoms with Gasteiger partial charge in [-0.15, -0.1) is 0 Å². The molecule has 0 aromatic heterocycles. The highest BCUT2D eigenvalue weighted by Crippen LogP contribution is 2.23. The summed E-state index contributed by atoms with van der Waals surface area (Å²) in [6.07, 6.45) is 2.34. The summed E-state index contributed by atoms with van der Waals surface area (Å²) in [5.74, 6) is -0.222. The SMILES string of the molecule is CCOC(=O)N1CCN(C(=O)C2CCCN(S(=O)(=O)CCCc3ccccc3)C2)CC1. The predicted octanol–water partition coefficient (Wildman–Crippen LogP) is 1.96. The quantitative estimate of drug-likeness (QED) is 0.633. The van der Waals surface area contributed by atoms with E-state index in [4.69, 9.17) is 4.74 Å². The second kappa shape index (κ2) is 10.9. The predicted molar refractivity (Wildman–Crippen MR) is 118 cm³/mol. The third-order valence-electron chi connectivity index (χ3n) is 5.95. The number of ether oxygens (including phenoxy) is 1. The van der Waals surface area contributed by atoms with E-state index in [1.807, 2.05) is 30.3 Å². The van der Waals surface area contributed by atoms with Crippen LogP contribution in [0.5, 0.6) is 0 Å². The van der Waals surface area contributed by atoms with E-state index >= 15 is 0 Å². The molecule has 1 aromatic carbocycles. The molecule has 0 spiro atoms. The normalized spacial score (nSPS) is 20.5. The zero-order valence-corrected chi connectivity index (χ0v) is 19.1. The van der Waals surface area contributed by atoms with Crippen molar-refractivity contribution in [2.75, 3.05) is 51.6 Å². The standard InChI is InChI=1S/C22H33N3O5S/c1-2-30-22(27)24-15-13-23(14-16-24)21(26)20-11-6-12-25(18-20)31(28,29)17-7-10-19-8-4-3-5-9-19/h3-5,8-9,20H,2,6-7,10-18H2,1H3. The van der Waals surface area contributed by atoms with Crippen LogP contribution in [0.15, 0.2) is 30.3 Å². The number of benzene rings is 1. The van der Waals surface area contributed by atoms with Crippen LogP contribution in [0.25, 0.3) is 0 Å². The first kappa shape index (κ1) is 23.5. The monoisotopic (exact) mass is 451 g/mol. The molecule has 0 saturated carbocycles. The van der Waals surface area contributed by atoms with Crippen molar-refractivity contribution in [2.45, 2.75) is 32.6 Å². The maximum atomic E-state index is 13.0. The van der Waals surface area contributed by atoms with Gasteiger partial charge in [0.15, 0.2) is 0 Å². The average Bonchev–Trinajstić information content (AvgIpc) is 2.79. The van der Waals surface area contributed by atoms with Gasteiger partial charge in [-0.05, 0) is 38.2 Å². The summed E-state index contributed by atoms with van der Waals surface area (Å²) in [7, 11) is -3.38. The van der Waals surface area contributed by atoms with Crippen molar-refractivity contribution < 1.29 is 22.7 Å². The van der Waals surface area contributed by atoms with Crippen molar-refractivity contribution in [3.8, 4) is 0 Å². The van der Waals surface area contributed by atoms with Gasteiger partial charge < -0.3 is 14.5 Å². The van der Waals surface area contributed by atoms with Crippen molar-refractivity contribution >= 4 is 22.0 Å². The lowest BCUT2D eigenvalue weighted by Crippen LogP contribution is -2.54. The van der Waals surface area contributed by atoms with Gasteiger partial charge in [0, 0.05) is 39.3 Å². The largest absolute Gasteiger partial charge is 0.450 e. The molecule has 0 bridgehead atoms. The number of piperidine rings is 1. The lowest BCUT2D eigenvalue weighted by Gasteiger charge is -2.38. The van der Waals surface area contributed by atoms with Crippen molar-refractivity contribution in [1.82, 2.24) is 14.1 Å². The fourth-order valence-electron chi connectivity index (χ4n) is 4.21. The van der Waals surface area contributed by atoms with E-state index in [0.29, 0.717) is 58.6 Å². The topological polar surface area (TPSA) is 87.2 Å². The van der Waals surface area contributed by atoms with E-state index in [1.54, 1.807) is 16.7 Å². The van der Waals surface area contributed by atoms with Crippen LogP contribution in [0, 0.1) is 5.92 Å². The maximum Gasteiger partial charge on any atom is 0.409 e. The number of nitrogens with zero attached hydrogens (tertiary/aromatic N) is 3. The van der Waals surface area contributed by atoms with Gasteiger partial charge in [0.25, 0.3) is 0 Å². The Bertz CT molecular complexity index is 838. The van der Waals surface area contributed by atoms with Gasteiger partial charge in [0.05, 0.1) is 18.3 Å². The van der Waals surface area contributed by atoms with Crippen LogP contribution in [-0.2, 0) is 26.0 Å². The molecule has 9 heteroatoms. The average molecular weight is 452 g/mol. The van der Waals surface area contributed by atoms with Crippen LogP contribution in [-0.4, -0.2) is 86.2 Å². The van der Waals surface area contributed by atoms with E-state index in [0.717, 1.165) is 12.0 Å². The van der Waals surface area contributed by atoms with E-state index in [2.05, 4.69) is 0 Å². The molecular weight excluding hydrogens is 418 g/mol. The van der Waals surface area contributed by atoms with Gasteiger partial charge in [-0.3, -0.25) is 4.79 Å². The molecule has 1 atom stereocenters. The summed E-state index contributed by atoms with van der Waals surface area (Å²) in [5.41, 5.74) is 1.13. The molecule has 2 aliphatic rings. The van der Waals surface area contributed by atoms with Crippen molar-refractivity contribution in [3.05, 3.63) is 35.9 Å². The molecule has 172 valence electrons. The van der Waals surface area contributed by atoms with Crippen LogP contribution >= 0.6 is 0 Å². The van der Waals surface area contributed by atoms with Gasteiger partial charge in [0.1, 0.15) is 0 Å². The van der Waals surface area contributed by atoms with E-state index in [1.165, 1.54) is 4.31 Å². The first-order valence-corrected chi connectivity index (χ1v) is 12.7. The molecule has 0 N–H and O–H groups in total. The van der Waals surface area contributed by atoms with E-state index < -0.39 is 10.0 Å².